The second-order valence-electron chi connectivity index (χ2n) is 5.45. The van der Waals surface area contributed by atoms with Crippen LogP contribution in [0.15, 0.2) is 0 Å². The minimum absolute atomic E-state index is 0.659. The van der Waals surface area contributed by atoms with Gasteiger partial charge in [-0.1, -0.05) is 6.92 Å². The molecular weight excluding hydrogens is 212 g/mol. The van der Waals surface area contributed by atoms with E-state index in [9.17, 15) is 0 Å². The zero-order valence-electron chi connectivity index (χ0n) is 11.9. The van der Waals surface area contributed by atoms with E-state index in [1.54, 1.807) is 0 Å². The van der Waals surface area contributed by atoms with Crippen LogP contribution in [0.4, 0.5) is 0 Å². The van der Waals surface area contributed by atoms with Crippen LogP contribution in [0.5, 0.6) is 0 Å². The monoisotopic (exact) mass is 242 g/mol. The van der Waals surface area contributed by atoms with Crippen LogP contribution in [-0.2, 0) is 4.74 Å². The molecule has 17 heavy (non-hydrogen) atoms. The molecule has 0 bridgehead atoms. The highest BCUT2D eigenvalue weighted by atomic mass is 16.5. The summed E-state index contributed by atoms with van der Waals surface area (Å²) in [5.41, 5.74) is 0. The van der Waals surface area contributed by atoms with Gasteiger partial charge in [0.25, 0.3) is 0 Å². The molecule has 1 rings (SSSR count). The Morgan fingerprint density at radius 1 is 1.47 bits per heavy atom. The van der Waals surface area contributed by atoms with Crippen LogP contribution in [0.2, 0.25) is 0 Å². The first-order valence-electron chi connectivity index (χ1n) is 7.22. The first-order valence-corrected chi connectivity index (χ1v) is 7.22. The third kappa shape index (κ3) is 7.02. The second-order valence-corrected chi connectivity index (χ2v) is 5.45. The molecule has 0 aromatic rings. The van der Waals surface area contributed by atoms with Crippen molar-refractivity contribution < 1.29 is 4.74 Å². The molecule has 0 aromatic heterocycles. The van der Waals surface area contributed by atoms with Crippen molar-refractivity contribution in [1.29, 1.82) is 0 Å². The Kier molecular flexibility index (Phi) is 7.82. The Labute approximate surface area is 107 Å². The van der Waals surface area contributed by atoms with E-state index in [1.165, 1.54) is 38.8 Å². The van der Waals surface area contributed by atoms with Crippen molar-refractivity contribution >= 4 is 0 Å². The predicted molar refractivity (Wildman–Crippen MR) is 73.4 cm³/mol. The zero-order chi connectivity index (χ0) is 12.5. The number of ether oxygens (including phenoxy) is 1. The zero-order valence-corrected chi connectivity index (χ0v) is 11.9. The van der Waals surface area contributed by atoms with Gasteiger partial charge in [0, 0.05) is 19.2 Å². The van der Waals surface area contributed by atoms with E-state index >= 15 is 0 Å². The number of nitrogens with one attached hydrogen (secondary N) is 1. The standard InChI is InChI=1S/C14H30N2O/c1-4-15-13(2)7-5-9-16(3)11-14-8-6-10-17-12-14/h13-15H,4-12H2,1-3H3. The normalized spacial score (nSPS) is 22.9. The van der Waals surface area contributed by atoms with Crippen LogP contribution in [-0.4, -0.2) is 50.8 Å². The summed E-state index contributed by atoms with van der Waals surface area (Å²) in [7, 11) is 2.24. The van der Waals surface area contributed by atoms with Gasteiger partial charge in [-0.15, -0.1) is 0 Å². The van der Waals surface area contributed by atoms with Crippen LogP contribution in [0.25, 0.3) is 0 Å². The van der Waals surface area contributed by atoms with Gasteiger partial charge in [-0.3, -0.25) is 0 Å². The lowest BCUT2D eigenvalue weighted by atomic mass is 10.0. The highest BCUT2D eigenvalue weighted by Crippen LogP contribution is 2.14. The Hall–Kier alpha value is -0.120. The third-order valence-electron chi connectivity index (χ3n) is 3.55. The molecule has 0 amide bonds. The van der Waals surface area contributed by atoms with E-state index in [-0.39, 0.29) is 0 Å². The second kappa shape index (κ2) is 8.90. The molecule has 3 nitrogen and oxygen atoms in total. The van der Waals surface area contributed by atoms with E-state index in [1.807, 2.05) is 0 Å². The largest absolute Gasteiger partial charge is 0.381 e. The maximum Gasteiger partial charge on any atom is 0.0506 e. The van der Waals surface area contributed by atoms with Crippen molar-refractivity contribution in [3.05, 3.63) is 0 Å². The molecular formula is C14H30N2O. The Balaban J connectivity index is 2.02. The summed E-state index contributed by atoms with van der Waals surface area (Å²) in [6.07, 6.45) is 5.16. The molecule has 2 atom stereocenters. The van der Waals surface area contributed by atoms with Crippen molar-refractivity contribution in [2.45, 2.75) is 45.6 Å². The van der Waals surface area contributed by atoms with Gasteiger partial charge in [0.05, 0.1) is 6.61 Å². The van der Waals surface area contributed by atoms with Gasteiger partial charge in [-0.2, -0.15) is 0 Å². The van der Waals surface area contributed by atoms with Crippen LogP contribution in [0, 0.1) is 5.92 Å². The van der Waals surface area contributed by atoms with Crippen LogP contribution in [0.3, 0.4) is 0 Å². The van der Waals surface area contributed by atoms with Gasteiger partial charge in [0.1, 0.15) is 0 Å². The molecule has 1 aliphatic heterocycles. The maximum atomic E-state index is 5.52. The molecule has 1 N–H and O–H groups in total. The molecule has 0 aromatic carbocycles. The molecule has 0 radical (unpaired) electrons. The lowest BCUT2D eigenvalue weighted by molar-refractivity contribution is 0.0418. The summed E-state index contributed by atoms with van der Waals surface area (Å²) in [6.45, 7) is 9.89. The highest BCUT2D eigenvalue weighted by Gasteiger charge is 2.15. The van der Waals surface area contributed by atoms with E-state index in [2.05, 4.69) is 31.1 Å². The van der Waals surface area contributed by atoms with Gasteiger partial charge in [-0.25, -0.2) is 0 Å². The summed E-state index contributed by atoms with van der Waals surface area (Å²) in [6, 6.07) is 0.659. The van der Waals surface area contributed by atoms with E-state index < -0.39 is 0 Å². The van der Waals surface area contributed by atoms with Crippen molar-refractivity contribution in [2.24, 2.45) is 5.92 Å². The molecule has 1 fully saturated rings. The molecule has 2 unspecified atom stereocenters. The molecule has 0 aliphatic carbocycles. The molecule has 1 heterocycles. The lowest BCUT2D eigenvalue weighted by Gasteiger charge is -2.27. The Morgan fingerprint density at radius 2 is 2.29 bits per heavy atom. The van der Waals surface area contributed by atoms with Crippen molar-refractivity contribution in [2.75, 3.05) is 39.9 Å². The molecule has 3 heteroatoms. The van der Waals surface area contributed by atoms with E-state index in [0.717, 1.165) is 25.7 Å². The van der Waals surface area contributed by atoms with Gasteiger partial charge >= 0.3 is 0 Å². The van der Waals surface area contributed by atoms with Crippen molar-refractivity contribution in [3.63, 3.8) is 0 Å². The van der Waals surface area contributed by atoms with Crippen molar-refractivity contribution in [1.82, 2.24) is 10.2 Å². The minimum Gasteiger partial charge on any atom is -0.381 e. The van der Waals surface area contributed by atoms with Gasteiger partial charge < -0.3 is 15.0 Å². The first kappa shape index (κ1) is 14.9. The average Bonchev–Trinajstić information content (AvgIpc) is 2.30. The molecule has 0 spiro atoms. The SMILES string of the molecule is CCNC(C)CCCN(C)CC1CCCOC1. The molecule has 1 saturated heterocycles. The predicted octanol–water partition coefficient (Wildman–Crippen LogP) is 2.12. The number of rotatable bonds is 8. The summed E-state index contributed by atoms with van der Waals surface area (Å²) in [5.74, 6) is 0.764. The van der Waals surface area contributed by atoms with E-state index in [0.29, 0.717) is 6.04 Å². The number of hydrogen-bond acceptors (Lipinski definition) is 3. The van der Waals surface area contributed by atoms with Crippen LogP contribution < -0.4 is 5.32 Å². The Bertz CT molecular complexity index is 181. The van der Waals surface area contributed by atoms with Crippen molar-refractivity contribution in [3.8, 4) is 0 Å². The fraction of sp³-hybridized carbons (Fsp3) is 1.00. The minimum atomic E-state index is 0.659. The molecule has 0 saturated carbocycles. The number of hydrogen-bond donors (Lipinski definition) is 1. The summed E-state index contributed by atoms with van der Waals surface area (Å²) >= 11 is 0. The average molecular weight is 242 g/mol. The summed E-state index contributed by atoms with van der Waals surface area (Å²) in [4.78, 5) is 2.47. The highest BCUT2D eigenvalue weighted by molar-refractivity contribution is 4.68. The summed E-state index contributed by atoms with van der Waals surface area (Å²) < 4.78 is 5.52. The van der Waals surface area contributed by atoms with Gasteiger partial charge in [0.15, 0.2) is 0 Å². The molecule has 1 aliphatic rings. The third-order valence-corrected chi connectivity index (χ3v) is 3.55. The molecule has 102 valence electrons. The van der Waals surface area contributed by atoms with Gasteiger partial charge in [-0.05, 0) is 58.7 Å². The smallest absolute Gasteiger partial charge is 0.0506 e. The lowest BCUT2D eigenvalue weighted by Crippen LogP contribution is -2.32. The van der Waals surface area contributed by atoms with Crippen LogP contribution >= 0.6 is 0 Å². The topological polar surface area (TPSA) is 24.5 Å². The van der Waals surface area contributed by atoms with E-state index in [4.69, 9.17) is 4.74 Å². The maximum absolute atomic E-state index is 5.52. The summed E-state index contributed by atoms with van der Waals surface area (Å²) in [5, 5.41) is 3.46. The number of nitrogens with zero attached hydrogens (tertiary/aromatic N) is 1. The fourth-order valence-electron chi connectivity index (χ4n) is 2.60. The Morgan fingerprint density at radius 3 is 2.94 bits per heavy atom. The fourth-order valence-corrected chi connectivity index (χ4v) is 2.60. The van der Waals surface area contributed by atoms with Gasteiger partial charge in [0.2, 0.25) is 0 Å². The quantitative estimate of drug-likeness (QED) is 0.705. The first-order chi connectivity index (χ1) is 8.22. The van der Waals surface area contributed by atoms with Crippen LogP contribution in [0.1, 0.15) is 39.5 Å².